The molecular formula is C15H19NO2S2. The van der Waals surface area contributed by atoms with E-state index in [1.807, 2.05) is 20.8 Å². The number of hydrogen-bond acceptors (Lipinski definition) is 4. The van der Waals surface area contributed by atoms with Gasteiger partial charge in [0.25, 0.3) is 0 Å². The molecule has 2 aromatic rings. The molecule has 20 heavy (non-hydrogen) atoms. The van der Waals surface area contributed by atoms with Crippen LogP contribution in [0.4, 0.5) is 4.79 Å². The third kappa shape index (κ3) is 4.65. The number of nitrogens with one attached hydrogen (secondary N) is 1. The molecular weight excluding hydrogens is 290 g/mol. The maximum Gasteiger partial charge on any atom is 0.407 e. The van der Waals surface area contributed by atoms with Crippen molar-refractivity contribution in [1.29, 1.82) is 0 Å². The third-order valence-electron chi connectivity index (χ3n) is 2.47. The van der Waals surface area contributed by atoms with Crippen LogP contribution in [0.1, 0.15) is 25.6 Å². The zero-order valence-electron chi connectivity index (χ0n) is 11.9. The van der Waals surface area contributed by atoms with Crippen molar-refractivity contribution in [1.82, 2.24) is 5.32 Å². The summed E-state index contributed by atoms with van der Waals surface area (Å²) < 4.78 is 5.19. The van der Waals surface area contributed by atoms with Gasteiger partial charge in [0.2, 0.25) is 0 Å². The van der Waals surface area contributed by atoms with Gasteiger partial charge in [-0.3, -0.25) is 0 Å². The number of thiophene rings is 2. The van der Waals surface area contributed by atoms with Gasteiger partial charge >= 0.3 is 6.09 Å². The summed E-state index contributed by atoms with van der Waals surface area (Å²) in [6.07, 6.45) is 0.475. The lowest BCUT2D eigenvalue weighted by Crippen LogP contribution is -2.33. The molecule has 0 spiro atoms. The number of amides is 1. The summed E-state index contributed by atoms with van der Waals surface area (Å²) >= 11 is 3.52. The highest BCUT2D eigenvalue weighted by atomic mass is 32.1. The van der Waals surface area contributed by atoms with E-state index in [0.29, 0.717) is 6.54 Å². The summed E-state index contributed by atoms with van der Waals surface area (Å²) in [6.45, 7) is 6.18. The molecule has 1 N–H and O–H groups in total. The first-order chi connectivity index (χ1) is 9.44. The van der Waals surface area contributed by atoms with Crippen LogP contribution in [-0.4, -0.2) is 18.2 Å². The molecule has 0 saturated heterocycles. The number of ether oxygens (including phenoxy) is 1. The summed E-state index contributed by atoms with van der Waals surface area (Å²) in [5.41, 5.74) is -0.445. The smallest absolute Gasteiger partial charge is 0.407 e. The highest BCUT2D eigenvalue weighted by Gasteiger charge is 2.15. The van der Waals surface area contributed by atoms with Crippen LogP contribution in [0.25, 0.3) is 9.75 Å². The van der Waals surface area contributed by atoms with Gasteiger partial charge in [0.15, 0.2) is 0 Å². The fourth-order valence-electron chi connectivity index (χ4n) is 1.67. The number of carbonyl (C=O) groups excluding carboxylic acids is 1. The predicted octanol–water partition coefficient (Wildman–Crippen LogP) is 4.54. The van der Waals surface area contributed by atoms with Gasteiger partial charge in [0.1, 0.15) is 5.60 Å². The first-order valence-corrected chi connectivity index (χ1v) is 8.23. The molecule has 2 rings (SSSR count). The lowest BCUT2D eigenvalue weighted by atomic mass is 10.2. The Kier molecular flexibility index (Phi) is 4.83. The summed E-state index contributed by atoms with van der Waals surface area (Å²) in [5, 5.41) is 4.86. The standard InChI is InChI=1S/C15H19NO2S2/c1-15(2,3)18-14(17)16-9-8-11-6-7-13(20-11)12-5-4-10-19-12/h4-7,10H,8-9H2,1-3H3,(H,16,17). The molecule has 0 aliphatic heterocycles. The molecule has 5 heteroatoms. The Labute approximate surface area is 127 Å². The average molecular weight is 309 g/mol. The molecule has 0 radical (unpaired) electrons. The molecule has 0 saturated carbocycles. The monoisotopic (exact) mass is 309 g/mol. The van der Waals surface area contributed by atoms with Crippen LogP contribution >= 0.6 is 22.7 Å². The minimum absolute atomic E-state index is 0.354. The molecule has 2 heterocycles. The van der Waals surface area contributed by atoms with E-state index in [1.54, 1.807) is 22.7 Å². The molecule has 0 aromatic carbocycles. The average Bonchev–Trinajstić information content (AvgIpc) is 2.96. The van der Waals surface area contributed by atoms with Crippen molar-refractivity contribution in [3.05, 3.63) is 34.5 Å². The molecule has 0 bridgehead atoms. The number of hydrogen-bond donors (Lipinski definition) is 1. The predicted molar refractivity (Wildman–Crippen MR) is 85.6 cm³/mol. The van der Waals surface area contributed by atoms with Crippen LogP contribution in [0.3, 0.4) is 0 Å². The molecule has 0 atom stereocenters. The summed E-state index contributed by atoms with van der Waals surface area (Å²) in [4.78, 5) is 15.4. The molecule has 1 amide bonds. The fraction of sp³-hybridized carbons (Fsp3) is 0.400. The van der Waals surface area contributed by atoms with E-state index in [1.165, 1.54) is 14.6 Å². The number of rotatable bonds is 4. The van der Waals surface area contributed by atoms with E-state index >= 15 is 0 Å². The van der Waals surface area contributed by atoms with Gasteiger partial charge in [-0.25, -0.2) is 4.79 Å². The topological polar surface area (TPSA) is 38.3 Å². The van der Waals surface area contributed by atoms with E-state index in [2.05, 4.69) is 35.0 Å². The molecule has 2 aromatic heterocycles. The van der Waals surface area contributed by atoms with Crippen LogP contribution < -0.4 is 5.32 Å². The van der Waals surface area contributed by atoms with Crippen LogP contribution in [0.15, 0.2) is 29.6 Å². The van der Waals surface area contributed by atoms with E-state index < -0.39 is 5.60 Å². The van der Waals surface area contributed by atoms with Crippen molar-refractivity contribution in [3.8, 4) is 9.75 Å². The Balaban J connectivity index is 1.79. The molecule has 0 aliphatic rings. The van der Waals surface area contributed by atoms with Gasteiger partial charge < -0.3 is 10.1 Å². The van der Waals surface area contributed by atoms with E-state index in [0.717, 1.165) is 6.42 Å². The SMILES string of the molecule is CC(C)(C)OC(=O)NCCc1ccc(-c2cccs2)s1. The Morgan fingerprint density at radius 1 is 1.25 bits per heavy atom. The summed E-state index contributed by atoms with van der Waals surface area (Å²) in [7, 11) is 0. The number of alkyl carbamates (subject to hydrolysis) is 1. The highest BCUT2D eigenvalue weighted by molar-refractivity contribution is 7.21. The largest absolute Gasteiger partial charge is 0.444 e. The second-order valence-electron chi connectivity index (χ2n) is 5.42. The first-order valence-electron chi connectivity index (χ1n) is 6.53. The van der Waals surface area contributed by atoms with Gasteiger partial charge in [0, 0.05) is 21.2 Å². The Hall–Kier alpha value is -1.33. The zero-order valence-corrected chi connectivity index (χ0v) is 13.6. The van der Waals surface area contributed by atoms with E-state index in [-0.39, 0.29) is 6.09 Å². The van der Waals surface area contributed by atoms with Crippen LogP contribution in [-0.2, 0) is 11.2 Å². The molecule has 0 aliphatic carbocycles. The zero-order chi connectivity index (χ0) is 14.6. The van der Waals surface area contributed by atoms with Gasteiger partial charge in [0.05, 0.1) is 0 Å². The highest BCUT2D eigenvalue weighted by Crippen LogP contribution is 2.31. The maximum absolute atomic E-state index is 11.5. The molecule has 0 fully saturated rings. The van der Waals surface area contributed by atoms with Crippen molar-refractivity contribution in [3.63, 3.8) is 0 Å². The Morgan fingerprint density at radius 2 is 2.05 bits per heavy atom. The molecule has 0 unspecified atom stereocenters. The third-order valence-corrected chi connectivity index (χ3v) is 4.68. The Bertz CT molecular complexity index is 553. The normalized spacial score (nSPS) is 11.3. The number of carbonyl (C=O) groups is 1. The summed E-state index contributed by atoms with van der Waals surface area (Å²) in [6, 6.07) is 8.44. The van der Waals surface area contributed by atoms with E-state index in [4.69, 9.17) is 4.74 Å². The minimum Gasteiger partial charge on any atom is -0.444 e. The van der Waals surface area contributed by atoms with Gasteiger partial charge in [-0.15, -0.1) is 22.7 Å². The van der Waals surface area contributed by atoms with Crippen LogP contribution in [0.2, 0.25) is 0 Å². The summed E-state index contributed by atoms with van der Waals surface area (Å²) in [5.74, 6) is 0. The first kappa shape index (κ1) is 15.1. The fourth-order valence-corrected chi connectivity index (χ4v) is 3.51. The van der Waals surface area contributed by atoms with Crippen LogP contribution in [0, 0.1) is 0 Å². The van der Waals surface area contributed by atoms with E-state index in [9.17, 15) is 4.79 Å². The quantitative estimate of drug-likeness (QED) is 0.900. The van der Waals surface area contributed by atoms with Crippen molar-refractivity contribution in [2.75, 3.05) is 6.54 Å². The van der Waals surface area contributed by atoms with Crippen LogP contribution in [0.5, 0.6) is 0 Å². The lowest BCUT2D eigenvalue weighted by molar-refractivity contribution is 0.0528. The van der Waals surface area contributed by atoms with Gasteiger partial charge in [-0.05, 0) is 50.8 Å². The second kappa shape index (κ2) is 6.41. The minimum atomic E-state index is -0.445. The Morgan fingerprint density at radius 3 is 2.70 bits per heavy atom. The van der Waals surface area contributed by atoms with Gasteiger partial charge in [-0.2, -0.15) is 0 Å². The molecule has 3 nitrogen and oxygen atoms in total. The van der Waals surface area contributed by atoms with Crippen molar-refractivity contribution >= 4 is 28.8 Å². The van der Waals surface area contributed by atoms with Gasteiger partial charge in [-0.1, -0.05) is 6.07 Å². The van der Waals surface area contributed by atoms with Crippen molar-refractivity contribution in [2.24, 2.45) is 0 Å². The molecule has 108 valence electrons. The van der Waals surface area contributed by atoms with Crippen molar-refractivity contribution < 1.29 is 9.53 Å². The second-order valence-corrected chi connectivity index (χ2v) is 7.54. The maximum atomic E-state index is 11.5. The van der Waals surface area contributed by atoms with Crippen molar-refractivity contribution in [2.45, 2.75) is 32.8 Å². The lowest BCUT2D eigenvalue weighted by Gasteiger charge is -2.19.